The molecule has 0 bridgehead atoms. The van der Waals surface area contributed by atoms with E-state index < -0.39 is 0 Å². The summed E-state index contributed by atoms with van der Waals surface area (Å²) in [4.78, 5) is 7.21. The third-order valence-corrected chi connectivity index (χ3v) is 3.84. The molecular weight excluding hydrogens is 343 g/mol. The van der Waals surface area contributed by atoms with E-state index in [9.17, 15) is 0 Å². The van der Waals surface area contributed by atoms with Crippen LogP contribution in [-0.2, 0) is 0 Å². The fourth-order valence-corrected chi connectivity index (χ4v) is 2.64. The van der Waals surface area contributed by atoms with Gasteiger partial charge in [-0.2, -0.15) is 0 Å². The molecule has 0 spiro atoms. The average Bonchev–Trinajstić information content (AvgIpc) is 2.73. The molecule has 0 fully saturated rings. The standard InChI is InChI=1S/C19H22N2O.2ClH/c1-21(2)13-12-16-14-22-18-11-7-6-10-17(18)19(20-16)15-8-4-3-5-9-15;;/h3-11,16H,12-14H2,1-2H3;2*1H. The molecule has 0 aromatic heterocycles. The van der Waals surface area contributed by atoms with E-state index >= 15 is 0 Å². The van der Waals surface area contributed by atoms with Gasteiger partial charge in [0.2, 0.25) is 0 Å². The SMILES string of the molecule is CN(C)CCC1COc2ccccc2C(c2ccccc2)=N1.Cl.Cl. The van der Waals surface area contributed by atoms with Crippen LogP contribution in [0.25, 0.3) is 0 Å². The Kier molecular flexibility index (Phi) is 8.26. The molecule has 0 aliphatic carbocycles. The molecule has 24 heavy (non-hydrogen) atoms. The lowest BCUT2D eigenvalue weighted by Gasteiger charge is -2.15. The molecule has 1 unspecified atom stereocenters. The van der Waals surface area contributed by atoms with Gasteiger partial charge in [-0.3, -0.25) is 4.99 Å². The Hall–Kier alpha value is -1.55. The topological polar surface area (TPSA) is 24.8 Å². The molecule has 0 amide bonds. The third-order valence-electron chi connectivity index (χ3n) is 3.84. The Morgan fingerprint density at radius 2 is 1.67 bits per heavy atom. The molecule has 5 heteroatoms. The van der Waals surface area contributed by atoms with Crippen molar-refractivity contribution in [2.75, 3.05) is 27.2 Å². The van der Waals surface area contributed by atoms with Crippen LogP contribution in [0.5, 0.6) is 5.75 Å². The van der Waals surface area contributed by atoms with Gasteiger partial charge in [0, 0.05) is 11.1 Å². The highest BCUT2D eigenvalue weighted by atomic mass is 35.5. The number of hydrogen-bond acceptors (Lipinski definition) is 3. The number of nitrogens with zero attached hydrogens (tertiary/aromatic N) is 2. The van der Waals surface area contributed by atoms with Crippen molar-refractivity contribution in [3.05, 3.63) is 65.7 Å². The van der Waals surface area contributed by atoms with Crippen LogP contribution < -0.4 is 4.74 Å². The Balaban J connectivity index is 0.00000144. The van der Waals surface area contributed by atoms with Crippen molar-refractivity contribution in [3.63, 3.8) is 0 Å². The van der Waals surface area contributed by atoms with Gasteiger partial charge in [-0.25, -0.2) is 0 Å². The van der Waals surface area contributed by atoms with Crippen molar-refractivity contribution in [3.8, 4) is 5.75 Å². The molecular formula is C19H24Cl2N2O. The molecule has 0 radical (unpaired) electrons. The van der Waals surface area contributed by atoms with Gasteiger partial charge in [-0.15, -0.1) is 24.8 Å². The molecule has 0 saturated carbocycles. The number of ether oxygens (including phenoxy) is 1. The molecule has 130 valence electrons. The van der Waals surface area contributed by atoms with E-state index in [0.717, 1.165) is 35.6 Å². The predicted molar refractivity (Wildman–Crippen MR) is 105 cm³/mol. The van der Waals surface area contributed by atoms with Crippen LogP contribution in [0, 0.1) is 0 Å². The van der Waals surface area contributed by atoms with E-state index in [-0.39, 0.29) is 30.9 Å². The summed E-state index contributed by atoms with van der Waals surface area (Å²) in [6.07, 6.45) is 0.997. The van der Waals surface area contributed by atoms with Gasteiger partial charge in [-0.1, -0.05) is 42.5 Å². The maximum Gasteiger partial charge on any atom is 0.128 e. The summed E-state index contributed by atoms with van der Waals surface area (Å²) < 4.78 is 6.01. The Bertz CT molecular complexity index is 659. The van der Waals surface area contributed by atoms with Crippen LogP contribution in [0.3, 0.4) is 0 Å². The number of aliphatic imine (C=N–C) groups is 1. The van der Waals surface area contributed by atoms with E-state index in [2.05, 4.69) is 49.3 Å². The summed E-state index contributed by atoms with van der Waals surface area (Å²) in [6.45, 7) is 1.65. The van der Waals surface area contributed by atoms with Crippen molar-refractivity contribution in [1.82, 2.24) is 4.90 Å². The van der Waals surface area contributed by atoms with Crippen LogP contribution in [0.15, 0.2) is 59.6 Å². The van der Waals surface area contributed by atoms with E-state index in [4.69, 9.17) is 9.73 Å². The van der Waals surface area contributed by atoms with Crippen LogP contribution in [0.2, 0.25) is 0 Å². The first kappa shape index (κ1) is 20.5. The van der Waals surface area contributed by atoms with Gasteiger partial charge < -0.3 is 9.64 Å². The predicted octanol–water partition coefficient (Wildman–Crippen LogP) is 4.08. The van der Waals surface area contributed by atoms with Crippen LogP contribution >= 0.6 is 24.8 Å². The second kappa shape index (κ2) is 9.67. The maximum atomic E-state index is 6.01. The molecule has 1 aliphatic rings. The first-order valence-electron chi connectivity index (χ1n) is 7.74. The van der Waals surface area contributed by atoms with Crippen molar-refractivity contribution < 1.29 is 4.74 Å². The third kappa shape index (κ3) is 4.97. The fourth-order valence-electron chi connectivity index (χ4n) is 2.64. The van der Waals surface area contributed by atoms with Gasteiger partial charge in [-0.05, 0) is 39.2 Å². The summed E-state index contributed by atoms with van der Waals surface area (Å²) in [5, 5.41) is 0. The van der Waals surface area contributed by atoms with Crippen molar-refractivity contribution in [1.29, 1.82) is 0 Å². The zero-order valence-electron chi connectivity index (χ0n) is 14.0. The Morgan fingerprint density at radius 3 is 2.38 bits per heavy atom. The smallest absolute Gasteiger partial charge is 0.128 e. The van der Waals surface area contributed by atoms with Gasteiger partial charge in [0.25, 0.3) is 0 Å². The van der Waals surface area contributed by atoms with Crippen molar-refractivity contribution >= 4 is 30.5 Å². The van der Waals surface area contributed by atoms with E-state index in [1.165, 1.54) is 0 Å². The van der Waals surface area contributed by atoms with Gasteiger partial charge in [0.15, 0.2) is 0 Å². The lowest BCUT2D eigenvalue weighted by Crippen LogP contribution is -2.23. The second-order valence-corrected chi connectivity index (χ2v) is 5.90. The highest BCUT2D eigenvalue weighted by Crippen LogP contribution is 2.26. The van der Waals surface area contributed by atoms with Crippen molar-refractivity contribution in [2.24, 2.45) is 4.99 Å². The summed E-state index contributed by atoms with van der Waals surface area (Å²) in [5.41, 5.74) is 3.27. The van der Waals surface area contributed by atoms with E-state index in [1.807, 2.05) is 24.3 Å². The van der Waals surface area contributed by atoms with Gasteiger partial charge in [0.05, 0.1) is 11.8 Å². The zero-order chi connectivity index (χ0) is 15.4. The number of halogens is 2. The monoisotopic (exact) mass is 366 g/mol. The van der Waals surface area contributed by atoms with Crippen molar-refractivity contribution in [2.45, 2.75) is 12.5 Å². The highest BCUT2D eigenvalue weighted by molar-refractivity contribution is 6.14. The first-order valence-corrected chi connectivity index (χ1v) is 7.74. The van der Waals surface area contributed by atoms with E-state index in [0.29, 0.717) is 6.61 Å². The molecule has 0 N–H and O–H groups in total. The Labute approximate surface area is 156 Å². The molecule has 1 aliphatic heterocycles. The maximum absolute atomic E-state index is 6.01. The second-order valence-electron chi connectivity index (χ2n) is 5.90. The first-order chi connectivity index (χ1) is 10.7. The normalized spacial score (nSPS) is 16.0. The van der Waals surface area contributed by atoms with Crippen LogP contribution in [0.4, 0.5) is 0 Å². The number of rotatable bonds is 4. The largest absolute Gasteiger partial charge is 0.491 e. The minimum Gasteiger partial charge on any atom is -0.491 e. The molecule has 2 aromatic carbocycles. The van der Waals surface area contributed by atoms with E-state index in [1.54, 1.807) is 0 Å². The molecule has 0 saturated heterocycles. The molecule has 2 aromatic rings. The fraction of sp³-hybridized carbons (Fsp3) is 0.316. The quantitative estimate of drug-likeness (QED) is 0.814. The lowest BCUT2D eigenvalue weighted by atomic mass is 10.0. The summed E-state index contributed by atoms with van der Waals surface area (Å²) in [5.74, 6) is 0.928. The highest BCUT2D eigenvalue weighted by Gasteiger charge is 2.20. The molecule has 1 heterocycles. The van der Waals surface area contributed by atoms with Gasteiger partial charge in [0.1, 0.15) is 12.4 Å². The summed E-state index contributed by atoms with van der Waals surface area (Å²) in [7, 11) is 4.18. The minimum atomic E-state index is 0. The van der Waals surface area contributed by atoms with Crippen LogP contribution in [-0.4, -0.2) is 43.9 Å². The molecule has 3 nitrogen and oxygen atoms in total. The Morgan fingerprint density at radius 1 is 1.00 bits per heavy atom. The number of hydrogen-bond donors (Lipinski definition) is 0. The zero-order valence-corrected chi connectivity index (χ0v) is 15.6. The average molecular weight is 367 g/mol. The minimum absolute atomic E-state index is 0. The molecule has 1 atom stereocenters. The summed E-state index contributed by atoms with van der Waals surface area (Å²) >= 11 is 0. The lowest BCUT2D eigenvalue weighted by molar-refractivity contribution is 0.272. The molecule has 3 rings (SSSR count). The number of benzene rings is 2. The van der Waals surface area contributed by atoms with Crippen LogP contribution in [0.1, 0.15) is 17.5 Å². The van der Waals surface area contributed by atoms with Gasteiger partial charge >= 0.3 is 0 Å². The number of para-hydroxylation sites is 1. The number of fused-ring (bicyclic) bond motifs is 1. The summed E-state index contributed by atoms with van der Waals surface area (Å²) in [6, 6.07) is 18.7.